The highest BCUT2D eigenvalue weighted by Crippen LogP contribution is 2.27. The zero-order valence-corrected chi connectivity index (χ0v) is 11.3. The molecule has 0 aliphatic heterocycles. The van der Waals surface area contributed by atoms with Crippen molar-refractivity contribution in [2.24, 2.45) is 0 Å². The highest BCUT2D eigenvalue weighted by Gasteiger charge is 2.07. The minimum atomic E-state index is -0.0905. The molecule has 5 heteroatoms. The molecule has 0 bridgehead atoms. The number of carbonyl (C=O) groups is 1. The van der Waals surface area contributed by atoms with Crippen molar-refractivity contribution in [3.8, 4) is 11.5 Å². The fraction of sp³-hybridized carbons (Fsp3) is 0.462. The first kappa shape index (κ1) is 14.2. The number of rotatable bonds is 5. The smallest absolute Gasteiger partial charge is 0.317 e. The Labute approximate surface area is 108 Å². The fourth-order valence-electron chi connectivity index (χ4n) is 1.45. The number of hydrogen-bond acceptors (Lipinski definition) is 3. The number of nitrogens with one attached hydrogen (secondary N) is 1. The van der Waals surface area contributed by atoms with Gasteiger partial charge in [0.2, 0.25) is 0 Å². The lowest BCUT2D eigenvalue weighted by Gasteiger charge is -2.16. The molecule has 0 atom stereocenters. The first-order valence-electron chi connectivity index (χ1n) is 5.82. The van der Waals surface area contributed by atoms with E-state index in [-0.39, 0.29) is 6.03 Å². The molecule has 0 fully saturated rings. The van der Waals surface area contributed by atoms with E-state index >= 15 is 0 Å². The van der Waals surface area contributed by atoms with Gasteiger partial charge in [-0.05, 0) is 24.6 Å². The van der Waals surface area contributed by atoms with Gasteiger partial charge in [0.15, 0.2) is 11.5 Å². The third-order valence-corrected chi connectivity index (χ3v) is 2.71. The SMILES string of the molecule is CCN(C)C(=O)NCc1ccc(OC)c(OC)c1. The molecule has 0 radical (unpaired) electrons. The Balaban J connectivity index is 2.66. The van der Waals surface area contributed by atoms with E-state index in [2.05, 4.69) is 5.32 Å². The van der Waals surface area contributed by atoms with Gasteiger partial charge in [-0.2, -0.15) is 0 Å². The summed E-state index contributed by atoms with van der Waals surface area (Å²) in [7, 11) is 4.94. The lowest BCUT2D eigenvalue weighted by molar-refractivity contribution is 0.210. The van der Waals surface area contributed by atoms with Crippen LogP contribution in [0.2, 0.25) is 0 Å². The molecule has 100 valence electrons. The Morgan fingerprint density at radius 3 is 2.50 bits per heavy atom. The van der Waals surface area contributed by atoms with Crippen LogP contribution >= 0.6 is 0 Å². The summed E-state index contributed by atoms with van der Waals surface area (Å²) in [5.41, 5.74) is 0.963. The van der Waals surface area contributed by atoms with Crippen molar-refractivity contribution in [1.29, 1.82) is 0 Å². The number of carbonyl (C=O) groups excluding carboxylic acids is 1. The summed E-state index contributed by atoms with van der Waals surface area (Å²) in [4.78, 5) is 13.2. The maximum absolute atomic E-state index is 11.6. The standard InChI is InChI=1S/C13H20N2O3/c1-5-15(2)13(16)14-9-10-6-7-11(17-3)12(8-10)18-4/h6-8H,5,9H2,1-4H3,(H,14,16). The van der Waals surface area contributed by atoms with Gasteiger partial charge in [0.05, 0.1) is 14.2 Å². The molecular weight excluding hydrogens is 232 g/mol. The van der Waals surface area contributed by atoms with Gasteiger partial charge >= 0.3 is 6.03 Å². The minimum absolute atomic E-state index is 0.0905. The quantitative estimate of drug-likeness (QED) is 0.870. The third kappa shape index (κ3) is 3.55. The first-order valence-corrected chi connectivity index (χ1v) is 5.82. The number of nitrogens with zero attached hydrogens (tertiary/aromatic N) is 1. The molecule has 0 saturated carbocycles. The van der Waals surface area contributed by atoms with Crippen LogP contribution in [0.5, 0.6) is 11.5 Å². The summed E-state index contributed by atoms with van der Waals surface area (Å²) in [5, 5.41) is 2.83. The number of amides is 2. The minimum Gasteiger partial charge on any atom is -0.493 e. The normalized spacial score (nSPS) is 9.78. The summed E-state index contributed by atoms with van der Waals surface area (Å²) < 4.78 is 10.4. The van der Waals surface area contributed by atoms with Crippen LogP contribution in [0.25, 0.3) is 0 Å². The van der Waals surface area contributed by atoms with E-state index in [0.717, 1.165) is 5.56 Å². The van der Waals surface area contributed by atoms with Crippen LogP contribution in [-0.2, 0) is 6.54 Å². The van der Waals surface area contributed by atoms with Crippen molar-refractivity contribution in [1.82, 2.24) is 10.2 Å². The lowest BCUT2D eigenvalue weighted by Crippen LogP contribution is -2.36. The van der Waals surface area contributed by atoms with Crippen LogP contribution in [-0.4, -0.2) is 38.7 Å². The number of urea groups is 1. The van der Waals surface area contributed by atoms with Crippen LogP contribution in [0.1, 0.15) is 12.5 Å². The molecule has 0 heterocycles. The topological polar surface area (TPSA) is 50.8 Å². The molecule has 1 rings (SSSR count). The molecule has 18 heavy (non-hydrogen) atoms. The van der Waals surface area contributed by atoms with Gasteiger partial charge in [0, 0.05) is 20.1 Å². The molecule has 5 nitrogen and oxygen atoms in total. The van der Waals surface area contributed by atoms with Gasteiger partial charge in [-0.3, -0.25) is 0 Å². The summed E-state index contributed by atoms with van der Waals surface area (Å²) in [6.45, 7) is 3.07. The Kier molecular flexibility index (Phi) is 5.30. The Hall–Kier alpha value is -1.91. The van der Waals surface area contributed by atoms with Crippen molar-refractivity contribution >= 4 is 6.03 Å². The number of benzene rings is 1. The molecule has 1 aromatic carbocycles. The van der Waals surface area contributed by atoms with Crippen molar-refractivity contribution in [2.45, 2.75) is 13.5 Å². The van der Waals surface area contributed by atoms with Gasteiger partial charge in [-0.15, -0.1) is 0 Å². The van der Waals surface area contributed by atoms with Gasteiger partial charge in [0.1, 0.15) is 0 Å². The lowest BCUT2D eigenvalue weighted by atomic mass is 10.2. The predicted octanol–water partition coefficient (Wildman–Crippen LogP) is 1.87. The van der Waals surface area contributed by atoms with E-state index in [9.17, 15) is 4.79 Å². The second-order valence-electron chi connectivity index (χ2n) is 3.86. The molecule has 0 aliphatic carbocycles. The first-order chi connectivity index (χ1) is 8.62. The van der Waals surface area contributed by atoms with Gasteiger partial charge in [-0.25, -0.2) is 4.79 Å². The monoisotopic (exact) mass is 252 g/mol. The van der Waals surface area contributed by atoms with Gasteiger partial charge < -0.3 is 19.7 Å². The number of ether oxygens (including phenoxy) is 2. The molecular formula is C13H20N2O3. The van der Waals surface area contributed by atoms with E-state index in [1.165, 1.54) is 0 Å². The maximum atomic E-state index is 11.6. The predicted molar refractivity (Wildman–Crippen MR) is 70.1 cm³/mol. The average molecular weight is 252 g/mol. The van der Waals surface area contributed by atoms with E-state index in [0.29, 0.717) is 24.6 Å². The summed E-state index contributed by atoms with van der Waals surface area (Å²) in [6, 6.07) is 5.48. The Morgan fingerprint density at radius 2 is 1.94 bits per heavy atom. The summed E-state index contributed by atoms with van der Waals surface area (Å²) >= 11 is 0. The van der Waals surface area contributed by atoms with E-state index in [4.69, 9.17) is 9.47 Å². The molecule has 1 N–H and O–H groups in total. The van der Waals surface area contributed by atoms with Crippen molar-refractivity contribution in [3.05, 3.63) is 23.8 Å². The van der Waals surface area contributed by atoms with Crippen LogP contribution in [0.3, 0.4) is 0 Å². The van der Waals surface area contributed by atoms with Crippen LogP contribution in [0, 0.1) is 0 Å². The summed E-state index contributed by atoms with van der Waals surface area (Å²) in [5.74, 6) is 1.34. The van der Waals surface area contributed by atoms with Crippen molar-refractivity contribution in [2.75, 3.05) is 27.8 Å². The summed E-state index contributed by atoms with van der Waals surface area (Å²) in [6.07, 6.45) is 0. The highest BCUT2D eigenvalue weighted by atomic mass is 16.5. The van der Waals surface area contributed by atoms with Gasteiger partial charge in [-0.1, -0.05) is 6.07 Å². The average Bonchev–Trinajstić information content (AvgIpc) is 2.43. The fourth-order valence-corrected chi connectivity index (χ4v) is 1.45. The zero-order valence-electron chi connectivity index (χ0n) is 11.3. The molecule has 0 aromatic heterocycles. The van der Waals surface area contributed by atoms with Crippen molar-refractivity contribution in [3.63, 3.8) is 0 Å². The second-order valence-corrected chi connectivity index (χ2v) is 3.86. The van der Waals surface area contributed by atoms with E-state index < -0.39 is 0 Å². The Bertz CT molecular complexity index is 407. The molecule has 0 aliphatic rings. The van der Waals surface area contributed by atoms with Gasteiger partial charge in [0.25, 0.3) is 0 Å². The third-order valence-electron chi connectivity index (χ3n) is 2.71. The molecule has 0 saturated heterocycles. The molecule has 1 aromatic rings. The van der Waals surface area contributed by atoms with Crippen LogP contribution in [0.15, 0.2) is 18.2 Å². The number of hydrogen-bond donors (Lipinski definition) is 1. The second kappa shape index (κ2) is 6.74. The van der Waals surface area contributed by atoms with E-state index in [1.807, 2.05) is 25.1 Å². The molecule has 2 amide bonds. The van der Waals surface area contributed by atoms with Crippen LogP contribution < -0.4 is 14.8 Å². The van der Waals surface area contributed by atoms with E-state index in [1.54, 1.807) is 26.2 Å². The highest BCUT2D eigenvalue weighted by molar-refractivity contribution is 5.73. The number of methoxy groups -OCH3 is 2. The Morgan fingerprint density at radius 1 is 1.28 bits per heavy atom. The molecule has 0 unspecified atom stereocenters. The zero-order chi connectivity index (χ0) is 13.5. The molecule has 0 spiro atoms. The maximum Gasteiger partial charge on any atom is 0.317 e. The van der Waals surface area contributed by atoms with Crippen molar-refractivity contribution < 1.29 is 14.3 Å². The largest absolute Gasteiger partial charge is 0.493 e. The van der Waals surface area contributed by atoms with Crippen LogP contribution in [0.4, 0.5) is 4.79 Å².